The van der Waals surface area contributed by atoms with Gasteiger partial charge in [-0.3, -0.25) is 0 Å². The van der Waals surface area contributed by atoms with Crippen molar-refractivity contribution < 1.29 is 31.2 Å². The van der Waals surface area contributed by atoms with Gasteiger partial charge in [-0.25, -0.2) is 0 Å². The van der Waals surface area contributed by atoms with E-state index in [0.717, 1.165) is 11.3 Å². The number of benzene rings is 1. The van der Waals surface area contributed by atoms with Crippen LogP contribution in [0, 0.1) is 6.29 Å². The number of ether oxygens (including phenoxy) is 3. The Kier molecular flexibility index (Phi) is 10.8. The van der Waals surface area contributed by atoms with Crippen molar-refractivity contribution in [1.82, 2.24) is 0 Å². The third-order valence-electron chi connectivity index (χ3n) is 1.70. The third-order valence-corrected chi connectivity index (χ3v) is 1.70. The Morgan fingerprint density at radius 3 is 2.00 bits per heavy atom. The summed E-state index contributed by atoms with van der Waals surface area (Å²) in [5.74, 6) is 0.737. The van der Waals surface area contributed by atoms with E-state index >= 15 is 0 Å². The van der Waals surface area contributed by atoms with Gasteiger partial charge in [0, 0.05) is 20.0 Å². The first-order valence-corrected chi connectivity index (χ1v) is 3.91. The number of halogens is 1. The van der Waals surface area contributed by atoms with Crippen molar-refractivity contribution in [3.63, 3.8) is 0 Å². The fraction of sp³-hybridized carbons (Fsp3) is 0.300. The van der Waals surface area contributed by atoms with E-state index in [1.54, 1.807) is 21.3 Å². The minimum Gasteiger partial charge on any atom is -1.00 e. The molecule has 0 saturated carbocycles. The maximum atomic E-state index is 5.15. The molecule has 0 spiro atoms. The van der Waals surface area contributed by atoms with Gasteiger partial charge in [-0.15, -0.1) is 6.07 Å². The van der Waals surface area contributed by atoms with Gasteiger partial charge in [0.1, 0.15) is 0 Å². The van der Waals surface area contributed by atoms with Gasteiger partial charge >= 0.3 is 23.1 Å². The molecule has 1 rings (SSSR count). The van der Waals surface area contributed by atoms with Gasteiger partial charge in [0.05, 0.1) is 13.4 Å². The average Bonchev–Trinajstić information content (AvgIpc) is 2.20. The zero-order chi connectivity index (χ0) is 9.68. The summed E-state index contributed by atoms with van der Waals surface area (Å²) < 4.78 is 15.2. The van der Waals surface area contributed by atoms with Crippen LogP contribution >= 0.6 is 0 Å². The van der Waals surface area contributed by atoms with E-state index in [0.29, 0.717) is 6.29 Å². The van der Waals surface area contributed by atoms with Crippen LogP contribution in [0.1, 0.15) is 5.56 Å². The van der Waals surface area contributed by atoms with Gasteiger partial charge in [-0.2, -0.15) is 6.07 Å². The van der Waals surface area contributed by atoms with Gasteiger partial charge in [0.2, 0.25) is 0 Å². The molecule has 0 bridgehead atoms. The van der Waals surface area contributed by atoms with Gasteiger partial charge in [-0.05, 0) is 0 Å². The molecular weight excluding hydrogens is 272 g/mol. The average molecular weight is 285 g/mol. The van der Waals surface area contributed by atoms with Crippen LogP contribution in [-0.4, -0.2) is 44.4 Å². The van der Waals surface area contributed by atoms with Crippen LogP contribution in [0.2, 0.25) is 0 Å². The third kappa shape index (κ3) is 4.61. The first-order chi connectivity index (χ1) is 6.33. The fourth-order valence-corrected chi connectivity index (χ4v) is 1.12. The maximum Gasteiger partial charge on any atom is 2.00 e. The predicted octanol–water partition coefficient (Wildman–Crippen LogP) is -1.55. The molecule has 0 fully saturated rings. The Balaban J connectivity index is 0. The first-order valence-electron chi connectivity index (χ1n) is 3.91. The number of rotatable bonds is 4. The fourth-order valence-electron chi connectivity index (χ4n) is 1.12. The predicted molar refractivity (Wildman–Crippen MR) is 55.1 cm³/mol. The van der Waals surface area contributed by atoms with Gasteiger partial charge in [-0.1, -0.05) is 17.7 Å². The largest absolute Gasteiger partial charge is 2.00 e. The Labute approximate surface area is 117 Å². The second-order valence-corrected chi connectivity index (χ2v) is 2.40. The Bertz CT molecular complexity index is 267. The van der Waals surface area contributed by atoms with Crippen LogP contribution < -0.4 is 21.7 Å². The van der Waals surface area contributed by atoms with E-state index in [-0.39, 0.29) is 40.0 Å². The zero-order valence-corrected chi connectivity index (χ0v) is 12.1. The summed E-state index contributed by atoms with van der Waals surface area (Å²) in [7, 11) is 4.73. The molecule has 0 N–H and O–H groups in total. The van der Waals surface area contributed by atoms with Crippen LogP contribution in [0.15, 0.2) is 24.3 Å². The second kappa shape index (κ2) is 9.29. The van der Waals surface area contributed by atoms with Gasteiger partial charge in [0.25, 0.3) is 0 Å². The molecule has 3 nitrogen and oxygen atoms in total. The Morgan fingerprint density at radius 2 is 1.53 bits per heavy atom. The standard InChI is InChI=1S/C10H13O3.BrH.Mg/c1-11-9-7-5-4-6-8(9)10(12-2)13-3;;/h4-7H,1-3H3;1H;/q-1;;+2/p-1. The van der Waals surface area contributed by atoms with E-state index in [2.05, 4.69) is 0 Å². The molecule has 0 aliphatic rings. The van der Waals surface area contributed by atoms with Crippen LogP contribution in [0.4, 0.5) is 0 Å². The minimum absolute atomic E-state index is 0. The van der Waals surface area contributed by atoms with E-state index in [1.807, 2.05) is 24.3 Å². The van der Waals surface area contributed by atoms with Crippen molar-refractivity contribution in [3.8, 4) is 5.75 Å². The molecule has 0 heterocycles. The maximum absolute atomic E-state index is 5.15. The summed E-state index contributed by atoms with van der Waals surface area (Å²) in [6, 6.07) is 7.52. The van der Waals surface area contributed by atoms with Crippen molar-refractivity contribution in [2.75, 3.05) is 21.3 Å². The van der Waals surface area contributed by atoms with Crippen LogP contribution in [0.25, 0.3) is 0 Å². The number of hydrogen-bond donors (Lipinski definition) is 0. The van der Waals surface area contributed by atoms with Gasteiger partial charge in [0.15, 0.2) is 0 Å². The second-order valence-electron chi connectivity index (χ2n) is 2.40. The molecule has 0 unspecified atom stereocenters. The summed E-state index contributed by atoms with van der Waals surface area (Å²) in [4.78, 5) is 0. The topological polar surface area (TPSA) is 27.7 Å². The van der Waals surface area contributed by atoms with E-state index in [9.17, 15) is 0 Å². The Morgan fingerprint density at radius 1 is 1.00 bits per heavy atom. The van der Waals surface area contributed by atoms with E-state index in [1.165, 1.54) is 0 Å². The molecule has 1 aromatic rings. The summed E-state index contributed by atoms with van der Waals surface area (Å²) >= 11 is 0. The normalized spacial score (nSPS) is 8.47. The van der Waals surface area contributed by atoms with Crippen molar-refractivity contribution in [1.29, 1.82) is 0 Å². The monoisotopic (exact) mass is 284 g/mol. The summed E-state index contributed by atoms with van der Waals surface area (Å²) in [6.07, 6.45) is 0.456. The quantitative estimate of drug-likeness (QED) is 0.495. The summed E-state index contributed by atoms with van der Waals surface area (Å²) in [6.45, 7) is 0. The number of para-hydroxylation sites is 1. The molecular formula is C10H13BrMgO3. The van der Waals surface area contributed by atoms with Crippen LogP contribution in [-0.2, 0) is 9.47 Å². The zero-order valence-electron chi connectivity index (χ0n) is 9.12. The smallest absolute Gasteiger partial charge is 1.00 e. The molecule has 0 saturated heterocycles. The first kappa shape index (κ1) is 17.5. The van der Waals surface area contributed by atoms with Crippen molar-refractivity contribution in [2.24, 2.45) is 0 Å². The van der Waals surface area contributed by atoms with Crippen molar-refractivity contribution >= 4 is 23.1 Å². The van der Waals surface area contributed by atoms with E-state index < -0.39 is 0 Å². The van der Waals surface area contributed by atoms with Crippen molar-refractivity contribution in [2.45, 2.75) is 0 Å². The summed E-state index contributed by atoms with van der Waals surface area (Å²) in [5.41, 5.74) is 0.815. The van der Waals surface area contributed by atoms with Crippen LogP contribution in [0.3, 0.4) is 0 Å². The molecule has 0 atom stereocenters. The SMILES string of the molecule is COc1ccccc1[C-](OC)OC.[Br-].[Mg+2]. The minimum atomic E-state index is 0. The molecule has 0 aliphatic carbocycles. The molecule has 80 valence electrons. The molecule has 0 amide bonds. The molecule has 0 aromatic heterocycles. The van der Waals surface area contributed by atoms with Gasteiger partial charge < -0.3 is 31.2 Å². The molecule has 0 aliphatic heterocycles. The molecule has 1 aromatic carbocycles. The molecule has 0 radical (unpaired) electrons. The number of methoxy groups -OCH3 is 3. The molecule has 15 heavy (non-hydrogen) atoms. The van der Waals surface area contributed by atoms with E-state index in [4.69, 9.17) is 14.2 Å². The summed E-state index contributed by atoms with van der Waals surface area (Å²) in [5, 5.41) is 0. The van der Waals surface area contributed by atoms with Crippen LogP contribution in [0.5, 0.6) is 5.75 Å². The Hall–Kier alpha value is 0.0562. The molecule has 5 heteroatoms. The number of hydrogen-bond acceptors (Lipinski definition) is 3. The van der Waals surface area contributed by atoms with Crippen molar-refractivity contribution in [3.05, 3.63) is 36.1 Å².